The van der Waals surface area contributed by atoms with E-state index in [0.29, 0.717) is 18.8 Å². The van der Waals surface area contributed by atoms with E-state index in [4.69, 9.17) is 4.74 Å². The molecule has 94 valence electrons. The summed E-state index contributed by atoms with van der Waals surface area (Å²) < 4.78 is 7.19. The number of aromatic nitrogens is 2. The Bertz CT molecular complexity index is 394. The predicted molar refractivity (Wildman–Crippen MR) is 63.9 cm³/mol. The Labute approximate surface area is 101 Å². The Kier molecular flexibility index (Phi) is 3.78. The highest BCUT2D eigenvalue weighted by Gasteiger charge is 2.18. The second kappa shape index (κ2) is 5.31. The van der Waals surface area contributed by atoms with E-state index in [1.807, 2.05) is 19.9 Å². The maximum atomic E-state index is 12.0. The quantitative estimate of drug-likeness (QED) is 0.853. The average molecular weight is 237 g/mol. The van der Waals surface area contributed by atoms with Crippen molar-refractivity contribution in [2.45, 2.75) is 39.3 Å². The fourth-order valence-electron chi connectivity index (χ4n) is 2.07. The third-order valence-electron chi connectivity index (χ3n) is 2.95. The van der Waals surface area contributed by atoms with Crippen molar-refractivity contribution < 1.29 is 9.53 Å². The van der Waals surface area contributed by atoms with Gasteiger partial charge in [-0.15, -0.1) is 0 Å². The summed E-state index contributed by atoms with van der Waals surface area (Å²) in [5, 5.41) is 7.16. The van der Waals surface area contributed by atoms with Gasteiger partial charge in [0.1, 0.15) is 5.69 Å². The van der Waals surface area contributed by atoms with Crippen LogP contribution in [0.3, 0.4) is 0 Å². The number of nitrogens with one attached hydrogen (secondary N) is 1. The zero-order valence-corrected chi connectivity index (χ0v) is 10.4. The first-order chi connectivity index (χ1) is 8.20. The van der Waals surface area contributed by atoms with Crippen LogP contribution in [0.25, 0.3) is 0 Å². The normalized spacial score (nSPS) is 19.5. The van der Waals surface area contributed by atoms with Gasteiger partial charge >= 0.3 is 0 Å². The summed E-state index contributed by atoms with van der Waals surface area (Å²) in [5.41, 5.74) is 1.50. The molecule has 1 unspecified atom stereocenters. The molecule has 1 fully saturated rings. The molecule has 1 aromatic rings. The van der Waals surface area contributed by atoms with Crippen LogP contribution in [0.5, 0.6) is 0 Å². The third-order valence-corrected chi connectivity index (χ3v) is 2.95. The second-order valence-corrected chi connectivity index (χ2v) is 4.33. The maximum absolute atomic E-state index is 12.0. The van der Waals surface area contributed by atoms with Gasteiger partial charge in [-0.1, -0.05) is 0 Å². The number of amides is 1. The van der Waals surface area contributed by atoms with Gasteiger partial charge in [-0.05, 0) is 32.8 Å². The van der Waals surface area contributed by atoms with Gasteiger partial charge in [0.05, 0.1) is 11.8 Å². The van der Waals surface area contributed by atoms with Crippen LogP contribution in [-0.2, 0) is 11.3 Å². The number of carbonyl (C=O) groups excluding carboxylic acids is 1. The lowest BCUT2D eigenvalue weighted by atomic mass is 10.2. The van der Waals surface area contributed by atoms with Crippen molar-refractivity contribution in [2.75, 3.05) is 13.2 Å². The summed E-state index contributed by atoms with van der Waals surface area (Å²) in [6.07, 6.45) is 2.30. The van der Waals surface area contributed by atoms with Crippen molar-refractivity contribution >= 4 is 5.91 Å². The molecule has 2 heterocycles. The van der Waals surface area contributed by atoms with Crippen molar-refractivity contribution in [3.8, 4) is 0 Å². The summed E-state index contributed by atoms with van der Waals surface area (Å²) in [6, 6.07) is 1.81. The molecule has 0 saturated carbocycles. The van der Waals surface area contributed by atoms with Crippen LogP contribution in [-0.4, -0.2) is 34.9 Å². The van der Waals surface area contributed by atoms with Crippen molar-refractivity contribution in [1.82, 2.24) is 15.1 Å². The molecule has 2 rings (SSSR count). The molecule has 1 aliphatic heterocycles. The first kappa shape index (κ1) is 12.1. The molecular weight excluding hydrogens is 218 g/mol. The van der Waals surface area contributed by atoms with E-state index in [9.17, 15) is 4.79 Å². The molecule has 1 aliphatic rings. The Morgan fingerprint density at radius 2 is 2.53 bits per heavy atom. The lowest BCUT2D eigenvalue weighted by Gasteiger charge is -2.11. The standard InChI is InChI=1S/C12H19N3O2/c1-3-15-11(7-9(2)14-15)12(16)13-8-10-5-4-6-17-10/h7,10H,3-6,8H2,1-2H3,(H,13,16). The van der Waals surface area contributed by atoms with Crippen molar-refractivity contribution in [1.29, 1.82) is 0 Å². The molecular formula is C12H19N3O2. The highest BCUT2D eigenvalue weighted by Crippen LogP contribution is 2.11. The molecule has 5 heteroatoms. The zero-order chi connectivity index (χ0) is 12.3. The van der Waals surface area contributed by atoms with Crippen LogP contribution in [0.1, 0.15) is 35.9 Å². The van der Waals surface area contributed by atoms with Crippen LogP contribution in [0.4, 0.5) is 0 Å². The summed E-state index contributed by atoms with van der Waals surface area (Å²) in [6.45, 7) is 5.97. The van der Waals surface area contributed by atoms with Gasteiger partial charge in [0.15, 0.2) is 0 Å². The first-order valence-electron chi connectivity index (χ1n) is 6.15. The summed E-state index contributed by atoms with van der Waals surface area (Å²) in [4.78, 5) is 12.0. The average Bonchev–Trinajstić information content (AvgIpc) is 2.94. The summed E-state index contributed by atoms with van der Waals surface area (Å²) >= 11 is 0. The number of nitrogens with zero attached hydrogens (tertiary/aromatic N) is 2. The maximum Gasteiger partial charge on any atom is 0.269 e. The molecule has 1 atom stereocenters. The van der Waals surface area contributed by atoms with Crippen LogP contribution in [0, 0.1) is 6.92 Å². The van der Waals surface area contributed by atoms with E-state index < -0.39 is 0 Å². The smallest absolute Gasteiger partial charge is 0.269 e. The lowest BCUT2D eigenvalue weighted by Crippen LogP contribution is -2.33. The minimum atomic E-state index is -0.0667. The minimum Gasteiger partial charge on any atom is -0.376 e. The van der Waals surface area contributed by atoms with Gasteiger partial charge < -0.3 is 10.1 Å². The highest BCUT2D eigenvalue weighted by atomic mass is 16.5. The van der Waals surface area contributed by atoms with Crippen molar-refractivity contribution in [3.63, 3.8) is 0 Å². The van der Waals surface area contributed by atoms with Crippen LogP contribution >= 0.6 is 0 Å². The predicted octanol–water partition coefficient (Wildman–Crippen LogP) is 1.12. The Hall–Kier alpha value is -1.36. The molecule has 1 N–H and O–H groups in total. The molecule has 0 aliphatic carbocycles. The largest absolute Gasteiger partial charge is 0.376 e. The monoisotopic (exact) mass is 237 g/mol. The Morgan fingerprint density at radius 1 is 1.71 bits per heavy atom. The lowest BCUT2D eigenvalue weighted by molar-refractivity contribution is 0.0849. The van der Waals surface area contributed by atoms with E-state index in [2.05, 4.69) is 10.4 Å². The van der Waals surface area contributed by atoms with Crippen LogP contribution in [0.2, 0.25) is 0 Å². The number of rotatable bonds is 4. The van der Waals surface area contributed by atoms with Gasteiger partial charge in [0.2, 0.25) is 0 Å². The molecule has 0 spiro atoms. The molecule has 0 aromatic carbocycles. The molecule has 1 aromatic heterocycles. The second-order valence-electron chi connectivity index (χ2n) is 4.33. The molecule has 17 heavy (non-hydrogen) atoms. The molecule has 1 amide bonds. The minimum absolute atomic E-state index is 0.0667. The van der Waals surface area contributed by atoms with Gasteiger partial charge in [-0.25, -0.2) is 0 Å². The van der Waals surface area contributed by atoms with E-state index in [0.717, 1.165) is 25.1 Å². The number of aryl methyl sites for hydroxylation is 2. The number of ether oxygens (including phenoxy) is 1. The third kappa shape index (κ3) is 2.85. The Balaban J connectivity index is 1.93. The SMILES string of the molecule is CCn1nc(C)cc1C(=O)NCC1CCCO1. The molecule has 0 radical (unpaired) electrons. The summed E-state index contributed by atoms with van der Waals surface area (Å²) in [5.74, 6) is -0.0667. The fourth-order valence-corrected chi connectivity index (χ4v) is 2.07. The van der Waals surface area contributed by atoms with E-state index >= 15 is 0 Å². The van der Waals surface area contributed by atoms with Crippen molar-refractivity contribution in [3.05, 3.63) is 17.5 Å². The summed E-state index contributed by atoms with van der Waals surface area (Å²) in [7, 11) is 0. The zero-order valence-electron chi connectivity index (χ0n) is 10.4. The highest BCUT2D eigenvalue weighted by molar-refractivity contribution is 5.92. The first-order valence-corrected chi connectivity index (χ1v) is 6.15. The van der Waals surface area contributed by atoms with Gasteiger partial charge in [-0.2, -0.15) is 5.10 Å². The fraction of sp³-hybridized carbons (Fsp3) is 0.667. The number of carbonyl (C=O) groups is 1. The Morgan fingerprint density at radius 3 is 3.18 bits per heavy atom. The van der Waals surface area contributed by atoms with Crippen molar-refractivity contribution in [2.24, 2.45) is 0 Å². The topological polar surface area (TPSA) is 56.2 Å². The number of hydrogen-bond acceptors (Lipinski definition) is 3. The van der Waals surface area contributed by atoms with Gasteiger partial charge in [-0.3, -0.25) is 9.48 Å². The van der Waals surface area contributed by atoms with Crippen LogP contribution in [0.15, 0.2) is 6.07 Å². The van der Waals surface area contributed by atoms with E-state index in [1.54, 1.807) is 4.68 Å². The van der Waals surface area contributed by atoms with E-state index in [-0.39, 0.29) is 12.0 Å². The van der Waals surface area contributed by atoms with E-state index in [1.165, 1.54) is 0 Å². The van der Waals surface area contributed by atoms with Gasteiger partial charge in [0.25, 0.3) is 5.91 Å². The van der Waals surface area contributed by atoms with Crippen LogP contribution < -0.4 is 5.32 Å². The molecule has 1 saturated heterocycles. The molecule has 0 bridgehead atoms. The van der Waals surface area contributed by atoms with Gasteiger partial charge in [0, 0.05) is 19.7 Å². The number of hydrogen-bond donors (Lipinski definition) is 1. The molecule has 5 nitrogen and oxygen atoms in total.